The van der Waals surface area contributed by atoms with Gasteiger partial charge in [0.2, 0.25) is 0 Å². The Balaban J connectivity index is 2.23. The highest BCUT2D eigenvalue weighted by Crippen LogP contribution is 1.93. The molecule has 9 heteroatoms. The van der Waals surface area contributed by atoms with E-state index in [4.69, 9.17) is 5.73 Å². The van der Waals surface area contributed by atoms with Crippen molar-refractivity contribution in [2.45, 2.75) is 13.0 Å². The maximum Gasteiger partial charge on any atom is 0.273 e. The summed E-state index contributed by atoms with van der Waals surface area (Å²) in [5.41, 5.74) is 5.47. The number of carbonyl (C=O) groups is 1. The van der Waals surface area contributed by atoms with Crippen molar-refractivity contribution in [1.29, 1.82) is 0 Å². The van der Waals surface area contributed by atoms with Crippen LogP contribution in [0.2, 0.25) is 0 Å². The first-order valence-electron chi connectivity index (χ1n) is 5.37. The van der Waals surface area contributed by atoms with E-state index in [2.05, 4.69) is 20.4 Å². The Morgan fingerprint density at radius 2 is 2.39 bits per heavy atom. The average molecular weight is 263 g/mol. The molecule has 0 aliphatic rings. The van der Waals surface area contributed by atoms with Crippen LogP contribution in [-0.2, 0) is 11.3 Å². The lowest BCUT2D eigenvalue weighted by atomic mass is 10.4. The molecule has 0 aliphatic carbocycles. The molecule has 1 aromatic heterocycles. The van der Waals surface area contributed by atoms with Gasteiger partial charge in [-0.2, -0.15) is 0 Å². The minimum Gasteiger partial charge on any atom is -0.374 e. The molecule has 0 aliphatic heterocycles. The summed E-state index contributed by atoms with van der Waals surface area (Å²) in [6.07, 6.45) is -1.04. The molecule has 1 aromatic rings. The van der Waals surface area contributed by atoms with Gasteiger partial charge >= 0.3 is 0 Å². The van der Waals surface area contributed by atoms with Crippen molar-refractivity contribution in [1.82, 2.24) is 20.3 Å². The molecule has 1 heterocycles. The molecular weight excluding hydrogens is 248 g/mol. The molecule has 0 saturated heterocycles. The van der Waals surface area contributed by atoms with Crippen molar-refractivity contribution < 1.29 is 18.3 Å². The van der Waals surface area contributed by atoms with Gasteiger partial charge in [-0.25, -0.2) is 8.78 Å². The minimum absolute atomic E-state index is 0.0209. The zero-order chi connectivity index (χ0) is 13.4. The summed E-state index contributed by atoms with van der Waals surface area (Å²) in [6, 6.07) is 0. The number of amides is 1. The molecule has 18 heavy (non-hydrogen) atoms. The standard InChI is InChI=1S/C9H15F2N5O2/c10-8(11)6-18-4-2-13-9(17)7-5-16(3-1-12)15-14-7/h5,8H,1-4,6,12H2,(H,13,17). The van der Waals surface area contributed by atoms with Gasteiger partial charge < -0.3 is 15.8 Å². The number of rotatable bonds is 8. The lowest BCUT2D eigenvalue weighted by molar-refractivity contribution is 0.0188. The predicted octanol–water partition coefficient (Wildman–Crippen LogP) is -0.752. The van der Waals surface area contributed by atoms with Crippen LogP contribution in [0, 0.1) is 0 Å². The van der Waals surface area contributed by atoms with Crippen molar-refractivity contribution in [3.8, 4) is 0 Å². The molecule has 1 amide bonds. The summed E-state index contributed by atoms with van der Waals surface area (Å²) in [6.45, 7) is 0.383. The third-order valence-corrected chi connectivity index (χ3v) is 1.91. The second kappa shape index (κ2) is 7.67. The van der Waals surface area contributed by atoms with Crippen molar-refractivity contribution in [3.63, 3.8) is 0 Å². The summed E-state index contributed by atoms with van der Waals surface area (Å²) >= 11 is 0. The van der Waals surface area contributed by atoms with Gasteiger partial charge in [-0.1, -0.05) is 5.21 Å². The molecule has 0 radical (unpaired) electrons. The van der Waals surface area contributed by atoms with Gasteiger partial charge in [0.1, 0.15) is 6.61 Å². The van der Waals surface area contributed by atoms with Crippen LogP contribution in [0.5, 0.6) is 0 Å². The molecule has 0 saturated carbocycles. The van der Waals surface area contributed by atoms with Crippen LogP contribution in [-0.4, -0.2) is 53.6 Å². The summed E-state index contributed by atoms with van der Waals surface area (Å²) < 4.78 is 29.5. The van der Waals surface area contributed by atoms with Crippen molar-refractivity contribution in [3.05, 3.63) is 11.9 Å². The molecule has 1 rings (SSSR count). The third-order valence-electron chi connectivity index (χ3n) is 1.91. The number of ether oxygens (including phenoxy) is 1. The first-order chi connectivity index (χ1) is 8.63. The van der Waals surface area contributed by atoms with E-state index in [0.717, 1.165) is 0 Å². The highest BCUT2D eigenvalue weighted by atomic mass is 19.3. The second-order valence-electron chi connectivity index (χ2n) is 3.38. The highest BCUT2D eigenvalue weighted by Gasteiger charge is 2.09. The zero-order valence-corrected chi connectivity index (χ0v) is 9.68. The van der Waals surface area contributed by atoms with E-state index in [1.54, 1.807) is 0 Å². The van der Waals surface area contributed by atoms with E-state index < -0.39 is 18.9 Å². The normalized spacial score (nSPS) is 10.9. The van der Waals surface area contributed by atoms with E-state index in [1.165, 1.54) is 10.9 Å². The molecule has 0 aromatic carbocycles. The molecule has 0 spiro atoms. The second-order valence-corrected chi connectivity index (χ2v) is 3.38. The first-order valence-corrected chi connectivity index (χ1v) is 5.37. The number of nitrogens with one attached hydrogen (secondary N) is 1. The molecule has 102 valence electrons. The Bertz CT molecular complexity index is 372. The Morgan fingerprint density at radius 1 is 1.61 bits per heavy atom. The Labute approximate surface area is 102 Å². The highest BCUT2D eigenvalue weighted by molar-refractivity contribution is 5.91. The smallest absolute Gasteiger partial charge is 0.273 e. The molecule has 7 nitrogen and oxygen atoms in total. The van der Waals surface area contributed by atoms with Gasteiger partial charge in [-0.3, -0.25) is 9.48 Å². The maximum absolute atomic E-state index is 11.7. The minimum atomic E-state index is -2.50. The van der Waals surface area contributed by atoms with E-state index in [9.17, 15) is 13.6 Å². The number of aromatic nitrogens is 3. The molecule has 0 fully saturated rings. The van der Waals surface area contributed by atoms with Crippen LogP contribution in [0.15, 0.2) is 6.20 Å². The van der Waals surface area contributed by atoms with Crippen LogP contribution in [0.4, 0.5) is 8.78 Å². The predicted molar refractivity (Wildman–Crippen MR) is 58.2 cm³/mol. The van der Waals surface area contributed by atoms with Crippen LogP contribution < -0.4 is 11.1 Å². The fraction of sp³-hybridized carbons (Fsp3) is 0.667. The monoisotopic (exact) mass is 263 g/mol. The molecule has 0 unspecified atom stereocenters. The van der Waals surface area contributed by atoms with Crippen molar-refractivity contribution in [2.75, 3.05) is 26.3 Å². The summed E-state index contributed by atoms with van der Waals surface area (Å²) in [4.78, 5) is 11.5. The lowest BCUT2D eigenvalue weighted by Gasteiger charge is -2.04. The lowest BCUT2D eigenvalue weighted by Crippen LogP contribution is -2.28. The fourth-order valence-electron chi connectivity index (χ4n) is 1.14. The van der Waals surface area contributed by atoms with Gasteiger partial charge in [-0.05, 0) is 0 Å². The Morgan fingerprint density at radius 3 is 3.06 bits per heavy atom. The number of carbonyl (C=O) groups excluding carboxylic acids is 1. The first kappa shape index (κ1) is 14.5. The largest absolute Gasteiger partial charge is 0.374 e. The summed E-state index contributed by atoms with van der Waals surface area (Å²) in [5.74, 6) is -0.432. The number of alkyl halides is 2. The molecule has 3 N–H and O–H groups in total. The number of hydrogen-bond acceptors (Lipinski definition) is 5. The van der Waals surface area contributed by atoms with Crippen LogP contribution in [0.1, 0.15) is 10.5 Å². The number of halogens is 2. The van der Waals surface area contributed by atoms with Gasteiger partial charge in [-0.15, -0.1) is 5.10 Å². The van der Waals surface area contributed by atoms with Crippen molar-refractivity contribution in [2.24, 2.45) is 5.73 Å². The fourth-order valence-corrected chi connectivity index (χ4v) is 1.14. The van der Waals surface area contributed by atoms with Crippen molar-refractivity contribution >= 4 is 5.91 Å². The quantitative estimate of drug-likeness (QED) is 0.602. The van der Waals surface area contributed by atoms with Crippen LogP contribution >= 0.6 is 0 Å². The van der Waals surface area contributed by atoms with Gasteiger partial charge in [0, 0.05) is 13.1 Å². The summed E-state index contributed by atoms with van der Waals surface area (Å²) in [5, 5.41) is 9.81. The van der Waals surface area contributed by atoms with Gasteiger partial charge in [0.15, 0.2) is 5.69 Å². The Hall–Kier alpha value is -1.61. The van der Waals surface area contributed by atoms with Gasteiger partial charge in [0.05, 0.1) is 19.3 Å². The molecular formula is C9H15F2N5O2. The summed E-state index contributed by atoms with van der Waals surface area (Å²) in [7, 11) is 0. The van der Waals surface area contributed by atoms with E-state index in [-0.39, 0.29) is 18.8 Å². The number of nitrogens with zero attached hydrogens (tertiary/aromatic N) is 3. The third kappa shape index (κ3) is 5.15. The molecule has 0 atom stereocenters. The zero-order valence-electron chi connectivity index (χ0n) is 9.68. The Kier molecular flexibility index (Phi) is 6.15. The topological polar surface area (TPSA) is 95.1 Å². The van der Waals surface area contributed by atoms with E-state index in [1.807, 2.05) is 0 Å². The maximum atomic E-state index is 11.7. The average Bonchev–Trinajstić information content (AvgIpc) is 2.77. The van der Waals surface area contributed by atoms with E-state index in [0.29, 0.717) is 13.1 Å². The number of hydrogen-bond donors (Lipinski definition) is 2. The van der Waals surface area contributed by atoms with E-state index >= 15 is 0 Å². The SMILES string of the molecule is NCCn1cc(C(=O)NCCOCC(F)F)nn1. The van der Waals surface area contributed by atoms with Crippen LogP contribution in [0.3, 0.4) is 0 Å². The van der Waals surface area contributed by atoms with Gasteiger partial charge in [0.25, 0.3) is 12.3 Å². The van der Waals surface area contributed by atoms with Crippen LogP contribution in [0.25, 0.3) is 0 Å². The number of nitrogens with two attached hydrogens (primary N) is 1. The molecule has 0 bridgehead atoms.